The quantitative estimate of drug-likeness (QED) is 0.194. The lowest BCUT2D eigenvalue weighted by molar-refractivity contribution is -0.140. The second-order valence-electron chi connectivity index (χ2n) is 8.69. The minimum absolute atomic E-state index is 0.0301. The van der Waals surface area contributed by atoms with Crippen molar-refractivity contribution in [3.8, 4) is 5.75 Å². The first-order valence-electron chi connectivity index (χ1n) is 11.7. The summed E-state index contributed by atoms with van der Waals surface area (Å²) in [5.74, 6) is -1.61. The van der Waals surface area contributed by atoms with Crippen molar-refractivity contribution in [3.63, 3.8) is 0 Å². The van der Waals surface area contributed by atoms with Crippen LogP contribution in [0.15, 0.2) is 78.4 Å². The van der Waals surface area contributed by atoms with Crippen molar-refractivity contribution >= 4 is 17.4 Å². The van der Waals surface area contributed by atoms with E-state index < -0.39 is 23.5 Å². The summed E-state index contributed by atoms with van der Waals surface area (Å²) in [6.45, 7) is 3.07. The molecule has 1 fully saturated rings. The Balaban J connectivity index is 1.62. The van der Waals surface area contributed by atoms with Gasteiger partial charge in [0.25, 0.3) is 11.7 Å². The van der Waals surface area contributed by atoms with Gasteiger partial charge >= 0.3 is 0 Å². The smallest absolute Gasteiger partial charge is 0.295 e. The first kappa shape index (κ1) is 25.1. The maximum absolute atomic E-state index is 13.6. The zero-order chi connectivity index (χ0) is 25.7. The van der Waals surface area contributed by atoms with Gasteiger partial charge < -0.3 is 19.5 Å². The third-order valence-corrected chi connectivity index (χ3v) is 6.09. The highest BCUT2D eigenvalue weighted by atomic mass is 19.1. The lowest BCUT2D eigenvalue weighted by atomic mass is 9.95. The molecule has 1 amide bonds. The van der Waals surface area contributed by atoms with E-state index in [-0.39, 0.29) is 17.9 Å². The van der Waals surface area contributed by atoms with Gasteiger partial charge in [0.1, 0.15) is 23.9 Å². The predicted octanol–water partition coefficient (Wildman–Crippen LogP) is 5.17. The molecule has 6 nitrogen and oxygen atoms in total. The number of likely N-dealkylation sites (tertiary alicyclic amines) is 1. The molecule has 7 heteroatoms. The second-order valence-corrected chi connectivity index (χ2v) is 8.69. The van der Waals surface area contributed by atoms with Crippen molar-refractivity contribution in [2.75, 3.05) is 20.3 Å². The van der Waals surface area contributed by atoms with E-state index in [1.165, 1.54) is 29.2 Å². The molecule has 4 rings (SSSR count). The van der Waals surface area contributed by atoms with E-state index >= 15 is 0 Å². The van der Waals surface area contributed by atoms with Gasteiger partial charge in [-0.05, 0) is 60.9 Å². The van der Waals surface area contributed by atoms with Gasteiger partial charge in [0.15, 0.2) is 0 Å². The van der Waals surface area contributed by atoms with Crippen molar-refractivity contribution in [2.45, 2.75) is 26.0 Å². The topological polar surface area (TPSA) is 76.1 Å². The van der Waals surface area contributed by atoms with Crippen molar-refractivity contribution in [3.05, 3.63) is 106 Å². The summed E-state index contributed by atoms with van der Waals surface area (Å²) in [4.78, 5) is 27.3. The molecule has 1 aliphatic rings. The van der Waals surface area contributed by atoms with E-state index in [0.29, 0.717) is 36.5 Å². The molecule has 0 spiro atoms. The molecule has 0 radical (unpaired) electrons. The van der Waals surface area contributed by atoms with Crippen LogP contribution >= 0.6 is 0 Å². The molecule has 0 aromatic heterocycles. The number of benzene rings is 3. The molecular weight excluding hydrogens is 461 g/mol. The molecule has 1 unspecified atom stereocenters. The molecule has 1 N–H and O–H groups in total. The van der Waals surface area contributed by atoms with Crippen LogP contribution in [0.3, 0.4) is 0 Å². The van der Waals surface area contributed by atoms with Gasteiger partial charge in [0.2, 0.25) is 0 Å². The van der Waals surface area contributed by atoms with Crippen LogP contribution in [0.1, 0.15) is 34.7 Å². The maximum atomic E-state index is 13.6. The summed E-state index contributed by atoms with van der Waals surface area (Å²) in [6.07, 6.45) is 0.508. The molecule has 186 valence electrons. The lowest BCUT2D eigenvalue weighted by Crippen LogP contribution is -2.31. The van der Waals surface area contributed by atoms with Crippen LogP contribution in [0.25, 0.3) is 5.76 Å². The Labute approximate surface area is 209 Å². The first-order chi connectivity index (χ1) is 17.4. The van der Waals surface area contributed by atoms with E-state index in [0.717, 1.165) is 11.1 Å². The van der Waals surface area contributed by atoms with Crippen LogP contribution < -0.4 is 4.74 Å². The number of halogens is 1. The fourth-order valence-corrected chi connectivity index (χ4v) is 4.31. The van der Waals surface area contributed by atoms with Crippen molar-refractivity contribution in [1.82, 2.24) is 4.90 Å². The zero-order valence-electron chi connectivity index (χ0n) is 20.2. The van der Waals surface area contributed by atoms with Crippen LogP contribution in [0.4, 0.5) is 4.39 Å². The van der Waals surface area contributed by atoms with Crippen LogP contribution in [0, 0.1) is 12.7 Å². The van der Waals surface area contributed by atoms with Gasteiger partial charge in [0, 0.05) is 25.8 Å². The zero-order valence-corrected chi connectivity index (χ0v) is 20.2. The number of ether oxygens (including phenoxy) is 2. The third-order valence-electron chi connectivity index (χ3n) is 6.09. The Kier molecular flexibility index (Phi) is 7.80. The average molecular weight is 490 g/mol. The summed E-state index contributed by atoms with van der Waals surface area (Å²) in [6, 6.07) is 19.4. The number of Topliss-reactive ketones (excluding diaryl/α,β-unsaturated/α-hetero) is 1. The van der Waals surface area contributed by atoms with Gasteiger partial charge in [-0.3, -0.25) is 9.59 Å². The molecule has 36 heavy (non-hydrogen) atoms. The largest absolute Gasteiger partial charge is 0.507 e. The van der Waals surface area contributed by atoms with Gasteiger partial charge in [0.05, 0.1) is 11.6 Å². The van der Waals surface area contributed by atoms with Gasteiger partial charge in [-0.1, -0.05) is 42.0 Å². The predicted molar refractivity (Wildman–Crippen MR) is 134 cm³/mol. The number of hydrogen-bond acceptors (Lipinski definition) is 5. The number of nitrogens with zero attached hydrogens (tertiary/aromatic N) is 1. The van der Waals surface area contributed by atoms with Crippen molar-refractivity contribution in [1.29, 1.82) is 0 Å². The number of rotatable bonds is 9. The SMILES string of the molecule is COCCCN1C(=O)C(=O)/C(=C(/O)c2ccc(OCc3cccc(C)c3)cc2)C1c1ccc(F)cc1. The fourth-order valence-electron chi connectivity index (χ4n) is 4.31. The van der Waals surface area contributed by atoms with Crippen molar-refractivity contribution < 1.29 is 28.6 Å². The summed E-state index contributed by atoms with van der Waals surface area (Å²) in [5, 5.41) is 11.2. The number of aryl methyl sites for hydroxylation is 1. The van der Waals surface area contributed by atoms with Crippen LogP contribution in [0.2, 0.25) is 0 Å². The highest BCUT2D eigenvalue weighted by Gasteiger charge is 2.45. The number of carbonyl (C=O) groups is 2. The Morgan fingerprint density at radius 1 is 1.03 bits per heavy atom. The second kappa shape index (κ2) is 11.2. The molecule has 1 atom stereocenters. The Morgan fingerprint density at radius 2 is 1.75 bits per heavy atom. The standard InChI is InChI=1S/C29H28FNO5/c1-19-5-3-6-20(17-19)18-36-24-13-9-22(10-14-24)27(32)25-26(21-7-11-23(30)12-8-21)31(15-4-16-35-2)29(34)28(25)33/h3,5-14,17,26,32H,4,15-16,18H2,1-2H3/b27-25+. The number of ketones is 1. The molecule has 0 aliphatic carbocycles. The van der Waals surface area contributed by atoms with Gasteiger partial charge in [-0.25, -0.2) is 4.39 Å². The molecule has 1 saturated heterocycles. The lowest BCUT2D eigenvalue weighted by Gasteiger charge is -2.25. The summed E-state index contributed by atoms with van der Waals surface area (Å²) in [5.41, 5.74) is 3.06. The van der Waals surface area contributed by atoms with E-state index in [9.17, 15) is 19.1 Å². The number of aliphatic hydroxyl groups is 1. The minimum atomic E-state index is -0.834. The first-order valence-corrected chi connectivity index (χ1v) is 11.7. The van der Waals surface area contributed by atoms with Crippen molar-refractivity contribution in [2.24, 2.45) is 0 Å². The number of aliphatic hydroxyl groups excluding tert-OH is 1. The van der Waals surface area contributed by atoms with Gasteiger partial charge in [-0.15, -0.1) is 0 Å². The Morgan fingerprint density at radius 3 is 2.42 bits per heavy atom. The van der Waals surface area contributed by atoms with Crippen LogP contribution in [-0.2, 0) is 20.9 Å². The molecule has 3 aromatic rings. The monoisotopic (exact) mass is 489 g/mol. The van der Waals surface area contributed by atoms with Crippen LogP contribution in [-0.4, -0.2) is 42.0 Å². The summed E-state index contributed by atoms with van der Waals surface area (Å²) < 4.78 is 24.5. The summed E-state index contributed by atoms with van der Waals surface area (Å²) in [7, 11) is 1.56. The van der Waals surface area contributed by atoms with E-state index in [1.54, 1.807) is 31.4 Å². The third kappa shape index (κ3) is 5.47. The molecular formula is C29H28FNO5. The highest BCUT2D eigenvalue weighted by Crippen LogP contribution is 2.39. The summed E-state index contributed by atoms with van der Waals surface area (Å²) >= 11 is 0. The fraction of sp³-hybridized carbons (Fsp3) is 0.241. The highest BCUT2D eigenvalue weighted by molar-refractivity contribution is 6.46. The van der Waals surface area contributed by atoms with E-state index in [4.69, 9.17) is 9.47 Å². The van der Waals surface area contributed by atoms with E-state index in [1.807, 2.05) is 31.2 Å². The number of amides is 1. The molecule has 0 bridgehead atoms. The molecule has 1 heterocycles. The minimum Gasteiger partial charge on any atom is -0.507 e. The molecule has 3 aromatic carbocycles. The number of methoxy groups -OCH3 is 1. The number of hydrogen-bond donors (Lipinski definition) is 1. The molecule has 0 saturated carbocycles. The molecule has 1 aliphatic heterocycles. The Bertz CT molecular complexity index is 1270. The normalized spacial score (nSPS) is 17.0. The van der Waals surface area contributed by atoms with E-state index in [2.05, 4.69) is 0 Å². The Hall–Kier alpha value is -3.97. The number of carbonyl (C=O) groups excluding carboxylic acids is 2. The van der Waals surface area contributed by atoms with Gasteiger partial charge in [-0.2, -0.15) is 0 Å². The van der Waals surface area contributed by atoms with Crippen LogP contribution in [0.5, 0.6) is 5.75 Å². The maximum Gasteiger partial charge on any atom is 0.295 e. The average Bonchev–Trinajstić information content (AvgIpc) is 3.13.